The number of carbonyl (C=O) groups excluding carboxylic acids is 1. The fourth-order valence-corrected chi connectivity index (χ4v) is 3.82. The van der Waals surface area contributed by atoms with Crippen molar-refractivity contribution < 1.29 is 9.53 Å². The van der Waals surface area contributed by atoms with Crippen molar-refractivity contribution in [2.24, 2.45) is 22.0 Å². The Morgan fingerprint density at radius 3 is 2.56 bits per heavy atom. The topological polar surface area (TPSA) is 52.3 Å². The molecule has 0 heterocycles. The van der Waals surface area contributed by atoms with Gasteiger partial charge in [0.2, 0.25) is 0 Å². The Morgan fingerprint density at radius 1 is 1.39 bits per heavy atom. The zero-order valence-electron chi connectivity index (χ0n) is 12.1. The summed E-state index contributed by atoms with van der Waals surface area (Å²) in [6.07, 6.45) is 5.61. The highest BCUT2D eigenvalue weighted by atomic mass is 16.5. The van der Waals surface area contributed by atoms with E-state index in [1.165, 1.54) is 0 Å². The van der Waals surface area contributed by atoms with E-state index in [4.69, 9.17) is 10.5 Å². The van der Waals surface area contributed by atoms with E-state index in [9.17, 15) is 4.79 Å². The maximum absolute atomic E-state index is 12.2. The van der Waals surface area contributed by atoms with Crippen LogP contribution in [0.5, 0.6) is 0 Å². The Morgan fingerprint density at radius 2 is 2.00 bits per heavy atom. The molecule has 1 fully saturated rings. The number of rotatable bonds is 2. The first-order valence-corrected chi connectivity index (χ1v) is 6.80. The molecule has 0 aromatic heterocycles. The van der Waals surface area contributed by atoms with E-state index in [-0.39, 0.29) is 34.4 Å². The van der Waals surface area contributed by atoms with Crippen molar-refractivity contribution in [3.8, 4) is 0 Å². The Kier molecular flexibility index (Phi) is 2.99. The van der Waals surface area contributed by atoms with Gasteiger partial charge in [-0.2, -0.15) is 0 Å². The number of allylic oxidation sites excluding steroid dienone is 1. The minimum Gasteiger partial charge on any atom is -0.360 e. The lowest BCUT2D eigenvalue weighted by molar-refractivity contribution is -0.141. The van der Waals surface area contributed by atoms with Crippen LogP contribution in [0.25, 0.3) is 0 Å². The summed E-state index contributed by atoms with van der Waals surface area (Å²) in [4.78, 5) is 12.2. The molecule has 18 heavy (non-hydrogen) atoms. The van der Waals surface area contributed by atoms with Crippen LogP contribution in [-0.2, 0) is 9.53 Å². The lowest BCUT2D eigenvalue weighted by atomic mass is 9.50. The molecule has 0 radical (unpaired) electrons. The number of carbonyl (C=O) groups is 1. The summed E-state index contributed by atoms with van der Waals surface area (Å²) in [5.74, 6) is 0.226. The summed E-state index contributed by atoms with van der Waals surface area (Å²) in [6.45, 7) is 10.4. The molecule has 2 rings (SSSR count). The van der Waals surface area contributed by atoms with Crippen LogP contribution < -0.4 is 5.73 Å². The lowest BCUT2D eigenvalue weighted by Crippen LogP contribution is -2.54. The van der Waals surface area contributed by atoms with E-state index in [0.717, 1.165) is 12.8 Å². The second-order valence-corrected chi connectivity index (χ2v) is 6.81. The van der Waals surface area contributed by atoms with Gasteiger partial charge in [0.25, 0.3) is 0 Å². The molecule has 2 aliphatic rings. The molecule has 2 aliphatic carbocycles. The Labute approximate surface area is 110 Å². The smallest absolute Gasteiger partial charge is 0.161 e. The quantitative estimate of drug-likeness (QED) is 0.768. The third-order valence-electron chi connectivity index (χ3n) is 5.72. The van der Waals surface area contributed by atoms with Gasteiger partial charge < -0.3 is 10.5 Å². The largest absolute Gasteiger partial charge is 0.360 e. The van der Waals surface area contributed by atoms with Crippen LogP contribution >= 0.6 is 0 Å². The zero-order valence-corrected chi connectivity index (χ0v) is 12.1. The zero-order chi connectivity index (χ0) is 13.8. The van der Waals surface area contributed by atoms with Gasteiger partial charge in [-0.1, -0.05) is 33.8 Å². The fraction of sp³-hybridized carbons (Fsp3) is 0.800. The van der Waals surface area contributed by atoms with Crippen molar-refractivity contribution in [3.05, 3.63) is 12.2 Å². The van der Waals surface area contributed by atoms with Crippen LogP contribution in [0.3, 0.4) is 0 Å². The molecule has 0 aromatic carbocycles. The highest BCUT2D eigenvalue weighted by Crippen LogP contribution is 2.65. The van der Waals surface area contributed by atoms with E-state index in [1.807, 2.05) is 6.92 Å². The Balaban J connectivity index is 2.45. The van der Waals surface area contributed by atoms with Crippen molar-refractivity contribution >= 4 is 5.78 Å². The molecule has 0 bridgehead atoms. The van der Waals surface area contributed by atoms with Crippen LogP contribution in [0.1, 0.15) is 47.5 Å². The number of hydrogen-bond donors (Lipinski definition) is 1. The average Bonchev–Trinajstić information content (AvgIpc) is 2.51. The van der Waals surface area contributed by atoms with Gasteiger partial charge in [-0.05, 0) is 31.3 Å². The summed E-state index contributed by atoms with van der Waals surface area (Å²) < 4.78 is 5.89. The molecule has 102 valence electrons. The normalized spacial score (nSPS) is 43.9. The van der Waals surface area contributed by atoms with Crippen molar-refractivity contribution in [2.75, 3.05) is 0 Å². The van der Waals surface area contributed by atoms with Crippen LogP contribution in [0.15, 0.2) is 12.2 Å². The molecule has 3 heteroatoms. The molecule has 0 amide bonds. The molecule has 0 aliphatic heterocycles. The summed E-state index contributed by atoms with van der Waals surface area (Å²) in [7, 11) is 0. The summed E-state index contributed by atoms with van der Waals surface area (Å²) in [6, 6.07) is 0. The van der Waals surface area contributed by atoms with Gasteiger partial charge in [0.15, 0.2) is 5.78 Å². The minimum absolute atomic E-state index is 0.0641. The second kappa shape index (κ2) is 3.91. The lowest BCUT2D eigenvalue weighted by Gasteiger charge is -2.53. The summed E-state index contributed by atoms with van der Waals surface area (Å²) in [5, 5.41) is 0. The predicted molar refractivity (Wildman–Crippen MR) is 71.9 cm³/mol. The van der Waals surface area contributed by atoms with Crippen LogP contribution in [0.4, 0.5) is 0 Å². The van der Waals surface area contributed by atoms with Gasteiger partial charge in [-0.3, -0.25) is 4.79 Å². The van der Waals surface area contributed by atoms with E-state index in [1.54, 1.807) is 6.08 Å². The maximum atomic E-state index is 12.2. The first-order valence-electron chi connectivity index (χ1n) is 6.80. The highest BCUT2D eigenvalue weighted by molar-refractivity contribution is 5.96. The van der Waals surface area contributed by atoms with E-state index >= 15 is 0 Å². The molecule has 2 N–H and O–H groups in total. The predicted octanol–water partition coefficient (Wildman–Crippen LogP) is 2.65. The van der Waals surface area contributed by atoms with Crippen LogP contribution in [-0.4, -0.2) is 18.1 Å². The minimum atomic E-state index is -0.341. The first-order chi connectivity index (χ1) is 8.15. The van der Waals surface area contributed by atoms with Crippen molar-refractivity contribution in [1.29, 1.82) is 0 Å². The van der Waals surface area contributed by atoms with E-state index < -0.39 is 0 Å². The van der Waals surface area contributed by atoms with Gasteiger partial charge in [0, 0.05) is 10.8 Å². The molecule has 0 aromatic rings. The molecular formula is C15H25NO2. The van der Waals surface area contributed by atoms with E-state index in [0.29, 0.717) is 0 Å². The average molecular weight is 251 g/mol. The van der Waals surface area contributed by atoms with Gasteiger partial charge in [-0.15, -0.1) is 0 Å². The molecule has 0 saturated heterocycles. The number of fused-ring (bicyclic) bond motifs is 1. The number of nitrogens with two attached hydrogens (primary N) is 1. The Bertz CT molecular complexity index is 399. The van der Waals surface area contributed by atoms with Crippen molar-refractivity contribution in [3.63, 3.8) is 0 Å². The third-order valence-corrected chi connectivity index (χ3v) is 5.72. The number of hydrogen-bond acceptors (Lipinski definition) is 3. The first kappa shape index (κ1) is 13.8. The molecule has 4 atom stereocenters. The Hall–Kier alpha value is -0.670. The van der Waals surface area contributed by atoms with Gasteiger partial charge >= 0.3 is 0 Å². The van der Waals surface area contributed by atoms with E-state index in [2.05, 4.69) is 33.8 Å². The summed E-state index contributed by atoms with van der Waals surface area (Å²) >= 11 is 0. The number of ketones is 1. The van der Waals surface area contributed by atoms with Crippen LogP contribution in [0, 0.1) is 16.2 Å². The summed E-state index contributed by atoms with van der Waals surface area (Å²) in [5.41, 5.74) is 5.26. The van der Waals surface area contributed by atoms with Gasteiger partial charge in [0.05, 0.1) is 6.10 Å². The monoisotopic (exact) mass is 251 g/mol. The molecule has 4 unspecified atom stereocenters. The third kappa shape index (κ3) is 1.53. The fourth-order valence-electron chi connectivity index (χ4n) is 3.82. The van der Waals surface area contributed by atoms with Crippen molar-refractivity contribution in [2.45, 2.75) is 59.8 Å². The van der Waals surface area contributed by atoms with Gasteiger partial charge in [0.1, 0.15) is 6.23 Å². The molecule has 3 nitrogen and oxygen atoms in total. The van der Waals surface area contributed by atoms with Gasteiger partial charge in [-0.25, -0.2) is 0 Å². The molecule has 0 spiro atoms. The second-order valence-electron chi connectivity index (χ2n) is 6.81. The standard InChI is InChI=1S/C15H25NO2/c1-10(16)18-12-7-9-15(5)13(2,3)11(17)6-8-14(12,15)4/h6,8,10,12H,7,9,16H2,1-5H3. The molecule has 1 saturated carbocycles. The molecular weight excluding hydrogens is 226 g/mol. The highest BCUT2D eigenvalue weighted by Gasteiger charge is 2.63. The van der Waals surface area contributed by atoms with Crippen LogP contribution in [0.2, 0.25) is 0 Å². The van der Waals surface area contributed by atoms with Crippen molar-refractivity contribution in [1.82, 2.24) is 0 Å². The maximum Gasteiger partial charge on any atom is 0.161 e. The number of ether oxygens (including phenoxy) is 1. The SMILES string of the molecule is CC(N)OC1CCC2(C)C(C)(C)C(=O)C=CC12C.